The topological polar surface area (TPSA) is 55.1 Å². The van der Waals surface area contributed by atoms with Gasteiger partial charge in [0, 0.05) is 10.0 Å². The third-order valence-electron chi connectivity index (χ3n) is 2.97. The molecule has 5 heteroatoms. The molecule has 0 spiro atoms. The van der Waals surface area contributed by atoms with Crippen LogP contribution in [0.2, 0.25) is 0 Å². The van der Waals surface area contributed by atoms with Crippen LogP contribution >= 0.6 is 15.9 Å². The molecule has 1 heterocycles. The molecule has 0 aliphatic rings. The molecule has 0 aliphatic carbocycles. The summed E-state index contributed by atoms with van der Waals surface area (Å²) in [5, 5.41) is 2.86. The molecule has 0 aliphatic heterocycles. The number of aryl methyl sites for hydroxylation is 1. The standard InChI is InChI=1S/C15H11BrN2O2/c1-9-2-4-12(11(16)6-9)18-15(19)10-3-5-13-14(7-10)20-8-17-13/h2-8H,1H3,(H,18,19). The first-order valence-electron chi connectivity index (χ1n) is 6.04. The van der Waals surface area contributed by atoms with Crippen molar-refractivity contribution in [2.24, 2.45) is 0 Å². The van der Waals surface area contributed by atoms with Crippen molar-refractivity contribution in [1.82, 2.24) is 4.98 Å². The van der Waals surface area contributed by atoms with Crippen LogP contribution in [0, 0.1) is 6.92 Å². The van der Waals surface area contributed by atoms with Crippen molar-refractivity contribution in [2.75, 3.05) is 5.32 Å². The maximum absolute atomic E-state index is 12.2. The summed E-state index contributed by atoms with van der Waals surface area (Å²) in [6, 6.07) is 10.9. The number of hydrogen-bond donors (Lipinski definition) is 1. The lowest BCUT2D eigenvalue weighted by Crippen LogP contribution is -2.12. The van der Waals surface area contributed by atoms with E-state index < -0.39 is 0 Å². The molecule has 4 nitrogen and oxygen atoms in total. The molecule has 100 valence electrons. The van der Waals surface area contributed by atoms with Crippen LogP contribution < -0.4 is 5.32 Å². The Morgan fingerprint density at radius 2 is 2.10 bits per heavy atom. The molecule has 20 heavy (non-hydrogen) atoms. The molecule has 0 saturated carbocycles. The number of halogens is 1. The van der Waals surface area contributed by atoms with Gasteiger partial charge in [-0.1, -0.05) is 6.07 Å². The molecule has 0 bridgehead atoms. The molecule has 2 aromatic carbocycles. The lowest BCUT2D eigenvalue weighted by Gasteiger charge is -2.08. The van der Waals surface area contributed by atoms with Gasteiger partial charge < -0.3 is 9.73 Å². The highest BCUT2D eigenvalue weighted by molar-refractivity contribution is 9.10. The van der Waals surface area contributed by atoms with E-state index in [1.54, 1.807) is 18.2 Å². The fourth-order valence-electron chi connectivity index (χ4n) is 1.91. The molecule has 0 saturated heterocycles. The summed E-state index contributed by atoms with van der Waals surface area (Å²) < 4.78 is 6.05. The second-order valence-electron chi connectivity index (χ2n) is 4.47. The summed E-state index contributed by atoms with van der Waals surface area (Å²) in [5.41, 5.74) is 3.72. The van der Waals surface area contributed by atoms with Crippen LogP contribution in [-0.2, 0) is 0 Å². The Labute approximate surface area is 123 Å². The average Bonchev–Trinajstić information content (AvgIpc) is 2.89. The smallest absolute Gasteiger partial charge is 0.255 e. The Hall–Kier alpha value is -2.14. The number of benzene rings is 2. The molecule has 3 aromatic rings. The molecule has 1 aromatic heterocycles. The third-order valence-corrected chi connectivity index (χ3v) is 3.62. The Bertz CT molecular complexity index is 795. The SMILES string of the molecule is Cc1ccc(NC(=O)c2ccc3ncoc3c2)c(Br)c1. The molecule has 0 fully saturated rings. The normalized spacial score (nSPS) is 10.7. The maximum Gasteiger partial charge on any atom is 0.255 e. The number of aromatic nitrogens is 1. The van der Waals surface area contributed by atoms with Gasteiger partial charge in [-0.3, -0.25) is 4.79 Å². The van der Waals surface area contributed by atoms with Crippen molar-refractivity contribution >= 4 is 38.6 Å². The first-order chi connectivity index (χ1) is 9.63. The minimum atomic E-state index is -0.187. The first kappa shape index (κ1) is 12.9. The van der Waals surface area contributed by atoms with Gasteiger partial charge >= 0.3 is 0 Å². The number of carbonyl (C=O) groups excluding carboxylic acids is 1. The predicted molar refractivity (Wildman–Crippen MR) is 80.8 cm³/mol. The highest BCUT2D eigenvalue weighted by Crippen LogP contribution is 2.24. The fraction of sp³-hybridized carbons (Fsp3) is 0.0667. The predicted octanol–water partition coefficient (Wildman–Crippen LogP) is 4.15. The van der Waals surface area contributed by atoms with Gasteiger partial charge in [0.15, 0.2) is 12.0 Å². The number of nitrogens with zero attached hydrogens (tertiary/aromatic N) is 1. The van der Waals surface area contributed by atoms with E-state index in [0.29, 0.717) is 11.1 Å². The highest BCUT2D eigenvalue weighted by Gasteiger charge is 2.10. The van der Waals surface area contributed by atoms with Crippen LogP contribution in [0.1, 0.15) is 15.9 Å². The van der Waals surface area contributed by atoms with Crippen LogP contribution in [0.3, 0.4) is 0 Å². The molecule has 3 rings (SSSR count). The molecular weight excluding hydrogens is 320 g/mol. The van der Waals surface area contributed by atoms with Gasteiger partial charge in [-0.25, -0.2) is 4.98 Å². The number of carbonyl (C=O) groups is 1. The van der Waals surface area contributed by atoms with Gasteiger partial charge in [0.1, 0.15) is 5.52 Å². The van der Waals surface area contributed by atoms with E-state index in [1.165, 1.54) is 6.39 Å². The summed E-state index contributed by atoms with van der Waals surface area (Å²) in [6.07, 6.45) is 1.36. The Kier molecular flexibility index (Phi) is 3.28. The average molecular weight is 331 g/mol. The number of hydrogen-bond acceptors (Lipinski definition) is 3. The number of oxazole rings is 1. The van der Waals surface area contributed by atoms with Crippen molar-refractivity contribution < 1.29 is 9.21 Å². The summed E-state index contributed by atoms with van der Waals surface area (Å²) in [4.78, 5) is 16.2. The fourth-order valence-corrected chi connectivity index (χ4v) is 2.50. The number of anilines is 1. The third kappa shape index (κ3) is 2.44. The van der Waals surface area contributed by atoms with Gasteiger partial charge in [-0.2, -0.15) is 0 Å². The Balaban J connectivity index is 1.88. The van der Waals surface area contributed by atoms with Crippen molar-refractivity contribution in [3.63, 3.8) is 0 Å². The lowest BCUT2D eigenvalue weighted by molar-refractivity contribution is 0.102. The van der Waals surface area contributed by atoms with Crippen molar-refractivity contribution in [1.29, 1.82) is 0 Å². The lowest BCUT2D eigenvalue weighted by atomic mass is 10.2. The van der Waals surface area contributed by atoms with Gasteiger partial charge in [-0.05, 0) is 58.7 Å². The number of amides is 1. The van der Waals surface area contributed by atoms with Crippen LogP contribution in [0.15, 0.2) is 51.7 Å². The number of nitrogens with one attached hydrogen (secondary N) is 1. The van der Waals surface area contributed by atoms with Gasteiger partial charge in [0.25, 0.3) is 5.91 Å². The monoisotopic (exact) mass is 330 g/mol. The minimum Gasteiger partial charge on any atom is -0.443 e. The Morgan fingerprint density at radius 1 is 1.25 bits per heavy atom. The van der Waals surface area contributed by atoms with E-state index in [1.807, 2.05) is 25.1 Å². The van der Waals surface area contributed by atoms with Crippen LogP contribution in [0.5, 0.6) is 0 Å². The van der Waals surface area contributed by atoms with E-state index in [-0.39, 0.29) is 5.91 Å². The zero-order chi connectivity index (χ0) is 14.1. The van der Waals surface area contributed by atoms with E-state index >= 15 is 0 Å². The summed E-state index contributed by atoms with van der Waals surface area (Å²) in [5.74, 6) is -0.187. The van der Waals surface area contributed by atoms with Crippen LogP contribution in [0.4, 0.5) is 5.69 Å². The summed E-state index contributed by atoms with van der Waals surface area (Å²) in [7, 11) is 0. The molecule has 1 amide bonds. The van der Waals surface area contributed by atoms with Gasteiger partial charge in [0.2, 0.25) is 0 Å². The van der Waals surface area contributed by atoms with E-state index in [9.17, 15) is 4.79 Å². The second-order valence-corrected chi connectivity index (χ2v) is 5.33. The molecule has 0 unspecified atom stereocenters. The summed E-state index contributed by atoms with van der Waals surface area (Å²) in [6.45, 7) is 1.99. The van der Waals surface area contributed by atoms with Crippen molar-refractivity contribution in [2.45, 2.75) is 6.92 Å². The maximum atomic E-state index is 12.2. The highest BCUT2D eigenvalue weighted by atomic mass is 79.9. The van der Waals surface area contributed by atoms with Gasteiger partial charge in [0.05, 0.1) is 5.69 Å². The first-order valence-corrected chi connectivity index (χ1v) is 6.83. The van der Waals surface area contributed by atoms with E-state index in [2.05, 4.69) is 26.2 Å². The van der Waals surface area contributed by atoms with E-state index in [4.69, 9.17) is 4.42 Å². The largest absolute Gasteiger partial charge is 0.443 e. The minimum absolute atomic E-state index is 0.187. The van der Waals surface area contributed by atoms with Crippen molar-refractivity contribution in [3.8, 4) is 0 Å². The molecule has 1 N–H and O–H groups in total. The molecule has 0 radical (unpaired) electrons. The number of rotatable bonds is 2. The molecule has 0 atom stereocenters. The second kappa shape index (κ2) is 5.09. The zero-order valence-corrected chi connectivity index (χ0v) is 12.3. The van der Waals surface area contributed by atoms with Crippen LogP contribution in [-0.4, -0.2) is 10.9 Å². The Morgan fingerprint density at radius 3 is 2.90 bits per heavy atom. The van der Waals surface area contributed by atoms with Crippen LogP contribution in [0.25, 0.3) is 11.1 Å². The van der Waals surface area contributed by atoms with Gasteiger partial charge in [-0.15, -0.1) is 0 Å². The number of fused-ring (bicyclic) bond motifs is 1. The molecular formula is C15H11BrN2O2. The summed E-state index contributed by atoms with van der Waals surface area (Å²) >= 11 is 3.44. The van der Waals surface area contributed by atoms with E-state index in [0.717, 1.165) is 21.2 Å². The zero-order valence-electron chi connectivity index (χ0n) is 10.7. The van der Waals surface area contributed by atoms with Crippen molar-refractivity contribution in [3.05, 3.63) is 58.4 Å². The quantitative estimate of drug-likeness (QED) is 0.767.